The molecule has 0 saturated carbocycles. The molecule has 32 heavy (non-hydrogen) atoms. The number of carbonyl (C=O) groups excluding carboxylic acids is 1. The molecule has 2 heterocycles. The zero-order valence-corrected chi connectivity index (χ0v) is 22.2. The molecule has 0 spiro atoms. The van der Waals surface area contributed by atoms with E-state index in [0.29, 0.717) is 0 Å². The van der Waals surface area contributed by atoms with Crippen LogP contribution in [0.2, 0.25) is 0 Å². The van der Waals surface area contributed by atoms with Crippen LogP contribution in [0.4, 0.5) is 0 Å². The zero-order valence-electron chi connectivity index (χ0n) is 19.9. The van der Waals surface area contributed by atoms with Crippen LogP contribution in [0.25, 0.3) is 0 Å². The highest BCUT2D eigenvalue weighted by atomic mass is 127. The molecular formula is C24H40IN5O2. The second-order valence-electron chi connectivity index (χ2n) is 9.16. The number of benzene rings is 1. The number of amides is 1. The Morgan fingerprint density at radius 1 is 1.22 bits per heavy atom. The lowest BCUT2D eigenvalue weighted by molar-refractivity contribution is -0.133. The number of likely N-dealkylation sites (tertiary alicyclic amines) is 1. The molecule has 2 atom stereocenters. The molecule has 7 nitrogen and oxygen atoms in total. The molecule has 2 saturated heterocycles. The topological polar surface area (TPSA) is 78.0 Å². The van der Waals surface area contributed by atoms with Crippen molar-refractivity contribution >= 4 is 35.8 Å². The van der Waals surface area contributed by atoms with Crippen LogP contribution in [0.15, 0.2) is 35.3 Å². The molecule has 8 heteroatoms. The van der Waals surface area contributed by atoms with Crippen molar-refractivity contribution in [3.63, 3.8) is 0 Å². The van der Waals surface area contributed by atoms with Crippen LogP contribution in [0.3, 0.4) is 0 Å². The molecule has 3 N–H and O–H groups in total. The quantitative estimate of drug-likeness (QED) is 0.273. The highest BCUT2D eigenvalue weighted by molar-refractivity contribution is 14.0. The Morgan fingerprint density at radius 2 is 1.91 bits per heavy atom. The van der Waals surface area contributed by atoms with Gasteiger partial charge >= 0.3 is 0 Å². The van der Waals surface area contributed by atoms with Crippen LogP contribution in [0.1, 0.15) is 51.6 Å². The van der Waals surface area contributed by atoms with E-state index in [2.05, 4.69) is 58.2 Å². The van der Waals surface area contributed by atoms with Crippen LogP contribution < -0.4 is 16.0 Å². The molecule has 0 bridgehead atoms. The number of aliphatic imine (C=N–C) groups is 1. The Bertz CT molecular complexity index is 737. The summed E-state index contributed by atoms with van der Waals surface area (Å²) in [4.78, 5) is 18.7. The summed E-state index contributed by atoms with van der Waals surface area (Å²) in [6, 6.07) is 11.0. The van der Waals surface area contributed by atoms with Gasteiger partial charge in [-0.1, -0.05) is 44.2 Å². The maximum absolute atomic E-state index is 12.3. The summed E-state index contributed by atoms with van der Waals surface area (Å²) in [6.45, 7) is 9.98. The fourth-order valence-electron chi connectivity index (χ4n) is 4.50. The smallest absolute Gasteiger partial charge is 0.225 e. The highest BCUT2D eigenvalue weighted by Gasteiger charge is 2.34. The Kier molecular flexibility index (Phi) is 10.7. The molecule has 1 amide bonds. The molecule has 2 aliphatic heterocycles. The predicted octanol–water partition coefficient (Wildman–Crippen LogP) is 2.93. The lowest BCUT2D eigenvalue weighted by Crippen LogP contribution is -2.59. The number of hydrogen-bond acceptors (Lipinski definition) is 4. The molecule has 2 unspecified atom stereocenters. The second kappa shape index (κ2) is 12.7. The fourth-order valence-corrected chi connectivity index (χ4v) is 4.50. The van der Waals surface area contributed by atoms with Gasteiger partial charge in [-0.3, -0.25) is 9.79 Å². The van der Waals surface area contributed by atoms with E-state index in [4.69, 9.17) is 4.74 Å². The molecule has 1 aromatic carbocycles. The predicted molar refractivity (Wildman–Crippen MR) is 141 cm³/mol. The van der Waals surface area contributed by atoms with Crippen molar-refractivity contribution in [2.75, 3.05) is 39.9 Å². The number of nitrogens with zero attached hydrogens (tertiary/aromatic N) is 2. The zero-order chi connectivity index (χ0) is 22.3. The average Bonchev–Trinajstić information content (AvgIpc) is 3.25. The minimum Gasteiger partial charge on any atom is -0.381 e. The first-order chi connectivity index (χ1) is 14.9. The summed E-state index contributed by atoms with van der Waals surface area (Å²) >= 11 is 0. The van der Waals surface area contributed by atoms with Gasteiger partial charge in [0.1, 0.15) is 0 Å². The van der Waals surface area contributed by atoms with E-state index in [9.17, 15) is 4.79 Å². The van der Waals surface area contributed by atoms with E-state index >= 15 is 0 Å². The van der Waals surface area contributed by atoms with Gasteiger partial charge in [0.2, 0.25) is 5.91 Å². The number of carbonyl (C=O) groups is 1. The van der Waals surface area contributed by atoms with E-state index in [0.717, 1.165) is 58.1 Å². The third-order valence-electron chi connectivity index (χ3n) is 6.42. The van der Waals surface area contributed by atoms with Crippen LogP contribution in [0, 0.1) is 5.92 Å². The van der Waals surface area contributed by atoms with E-state index in [1.807, 2.05) is 18.7 Å². The van der Waals surface area contributed by atoms with Gasteiger partial charge in [-0.05, 0) is 31.7 Å². The molecule has 0 radical (unpaired) electrons. The van der Waals surface area contributed by atoms with Crippen molar-refractivity contribution in [2.45, 2.75) is 57.7 Å². The molecule has 0 aliphatic carbocycles. The number of guanidine groups is 1. The third-order valence-corrected chi connectivity index (χ3v) is 6.42. The molecular weight excluding hydrogens is 517 g/mol. The largest absolute Gasteiger partial charge is 0.381 e. The van der Waals surface area contributed by atoms with Crippen molar-refractivity contribution < 1.29 is 9.53 Å². The maximum Gasteiger partial charge on any atom is 0.225 e. The van der Waals surface area contributed by atoms with Crippen molar-refractivity contribution in [1.29, 1.82) is 0 Å². The molecule has 1 aromatic rings. The number of ether oxygens (including phenoxy) is 1. The van der Waals surface area contributed by atoms with Crippen LogP contribution in [-0.4, -0.2) is 68.2 Å². The number of rotatable bonds is 7. The van der Waals surface area contributed by atoms with Crippen molar-refractivity contribution in [3.8, 4) is 0 Å². The van der Waals surface area contributed by atoms with E-state index in [-0.39, 0.29) is 53.4 Å². The molecule has 2 fully saturated rings. The normalized spacial score (nSPS) is 21.7. The first-order valence-electron chi connectivity index (χ1n) is 11.6. The van der Waals surface area contributed by atoms with Crippen molar-refractivity contribution in [1.82, 2.24) is 20.9 Å². The molecule has 3 rings (SSSR count). The average molecular weight is 558 g/mol. The fraction of sp³-hybridized carbons (Fsp3) is 0.667. The standard InChI is InChI=1S/C24H39N5O2.HI/c1-18(2)22(30)29-13-10-21(16-29)27-23(25-4)26-17-24(11-14-31-15-12-24)28-19(3)20-8-6-5-7-9-20;/h5-9,18-19,21,28H,10-17H2,1-4H3,(H2,25,26,27);1H. The summed E-state index contributed by atoms with van der Waals surface area (Å²) < 4.78 is 5.66. The molecule has 180 valence electrons. The first kappa shape index (κ1) is 26.9. The minimum absolute atomic E-state index is 0. The van der Waals surface area contributed by atoms with Gasteiger partial charge in [-0.2, -0.15) is 0 Å². The van der Waals surface area contributed by atoms with Gasteiger partial charge in [0.25, 0.3) is 0 Å². The summed E-state index contributed by atoms with van der Waals surface area (Å²) in [6.07, 6.45) is 2.85. The van der Waals surface area contributed by atoms with E-state index in [1.54, 1.807) is 7.05 Å². The number of halogens is 1. The molecule has 2 aliphatic rings. The maximum atomic E-state index is 12.3. The second-order valence-corrected chi connectivity index (χ2v) is 9.16. The summed E-state index contributed by atoms with van der Waals surface area (Å²) in [5, 5.41) is 10.9. The van der Waals surface area contributed by atoms with Gasteiger partial charge in [-0.25, -0.2) is 0 Å². The SMILES string of the molecule is CN=C(NCC1(NC(C)c2ccccc2)CCOCC1)NC1CCN(C(=O)C(C)C)C1.I. The van der Waals surface area contributed by atoms with Crippen LogP contribution in [-0.2, 0) is 9.53 Å². The highest BCUT2D eigenvalue weighted by Crippen LogP contribution is 2.25. The van der Waals surface area contributed by atoms with Crippen molar-refractivity contribution in [2.24, 2.45) is 10.9 Å². The first-order valence-corrected chi connectivity index (χ1v) is 11.6. The minimum atomic E-state index is -0.0551. The van der Waals surface area contributed by atoms with E-state index < -0.39 is 0 Å². The molecule has 0 aromatic heterocycles. The van der Waals surface area contributed by atoms with Crippen molar-refractivity contribution in [3.05, 3.63) is 35.9 Å². The summed E-state index contributed by atoms with van der Waals surface area (Å²) in [5.74, 6) is 1.07. The Balaban J connectivity index is 0.00000363. The van der Waals surface area contributed by atoms with Gasteiger partial charge in [0, 0.05) is 63.4 Å². The number of hydrogen-bond donors (Lipinski definition) is 3. The lowest BCUT2D eigenvalue weighted by Gasteiger charge is -2.41. The van der Waals surface area contributed by atoms with Crippen LogP contribution in [0.5, 0.6) is 0 Å². The Labute approximate surface area is 210 Å². The van der Waals surface area contributed by atoms with Gasteiger partial charge in [0.05, 0.1) is 0 Å². The monoisotopic (exact) mass is 557 g/mol. The summed E-state index contributed by atoms with van der Waals surface area (Å²) in [5.41, 5.74) is 1.23. The van der Waals surface area contributed by atoms with Gasteiger partial charge in [0.15, 0.2) is 5.96 Å². The number of nitrogens with one attached hydrogen (secondary N) is 3. The summed E-state index contributed by atoms with van der Waals surface area (Å²) in [7, 11) is 1.80. The third kappa shape index (κ3) is 7.31. The van der Waals surface area contributed by atoms with E-state index in [1.165, 1.54) is 5.56 Å². The Hall–Kier alpha value is -1.39. The Morgan fingerprint density at radius 3 is 2.53 bits per heavy atom. The van der Waals surface area contributed by atoms with Crippen LogP contribution >= 0.6 is 24.0 Å². The van der Waals surface area contributed by atoms with Gasteiger partial charge in [-0.15, -0.1) is 24.0 Å². The van der Waals surface area contributed by atoms with Gasteiger partial charge < -0.3 is 25.6 Å². The lowest BCUT2D eigenvalue weighted by atomic mass is 9.88.